The first kappa shape index (κ1) is 16.8. The lowest BCUT2D eigenvalue weighted by atomic mass is 10.1. The zero-order valence-corrected chi connectivity index (χ0v) is 13.3. The maximum Gasteiger partial charge on any atom is 0.249 e. The van der Waals surface area contributed by atoms with Crippen LogP contribution in [0.3, 0.4) is 0 Å². The first-order valence-electron chi connectivity index (χ1n) is 7.85. The number of carbonyl (C=O) groups excluding carboxylic acids is 3. The third-order valence-corrected chi connectivity index (χ3v) is 3.82. The number of hydrogen-bond acceptors (Lipinski definition) is 5. The Bertz CT molecular complexity index is 800. The second kappa shape index (κ2) is 7.25. The summed E-state index contributed by atoms with van der Waals surface area (Å²) in [5.41, 5.74) is 0.688. The lowest BCUT2D eigenvalue weighted by molar-refractivity contribution is -0.137. The van der Waals surface area contributed by atoms with Gasteiger partial charge in [0.25, 0.3) is 0 Å². The largest absolute Gasteiger partial charge is 0.441 e. The summed E-state index contributed by atoms with van der Waals surface area (Å²) in [5.74, 6) is -0.620. The molecule has 2 aromatic rings. The highest BCUT2D eigenvalue weighted by atomic mass is 19.1. The molecular weight excluding hydrogens is 329 g/mol. The average Bonchev–Trinajstić information content (AvgIpc) is 3.05. The van der Waals surface area contributed by atoms with E-state index >= 15 is 0 Å². The quantitative estimate of drug-likeness (QED) is 0.796. The fourth-order valence-corrected chi connectivity index (χ4v) is 2.49. The zero-order chi connectivity index (χ0) is 17.8. The second-order valence-corrected chi connectivity index (χ2v) is 5.70. The van der Waals surface area contributed by atoms with E-state index in [4.69, 9.17) is 4.42 Å². The van der Waals surface area contributed by atoms with Gasteiger partial charge in [0.2, 0.25) is 17.7 Å². The summed E-state index contributed by atoms with van der Waals surface area (Å²) in [4.78, 5) is 38.7. The number of benzene rings is 1. The number of aromatic nitrogens is 1. The van der Waals surface area contributed by atoms with E-state index in [0.29, 0.717) is 23.6 Å². The number of aryl methyl sites for hydroxylation is 1. The summed E-state index contributed by atoms with van der Waals surface area (Å²) < 4.78 is 18.5. The molecule has 1 aliphatic rings. The Morgan fingerprint density at radius 3 is 2.80 bits per heavy atom. The Morgan fingerprint density at radius 2 is 2.08 bits per heavy atom. The van der Waals surface area contributed by atoms with Crippen LogP contribution in [0.25, 0.3) is 11.3 Å². The summed E-state index contributed by atoms with van der Waals surface area (Å²) in [6.45, 7) is 0. The highest BCUT2D eigenvalue weighted by Crippen LogP contribution is 2.21. The maximum atomic E-state index is 12.9. The van der Waals surface area contributed by atoms with Crippen LogP contribution in [0.5, 0.6) is 0 Å². The first-order valence-corrected chi connectivity index (χ1v) is 7.85. The molecule has 1 atom stereocenters. The number of oxazole rings is 1. The molecule has 1 saturated heterocycles. The lowest BCUT2D eigenvalue weighted by Gasteiger charge is -2.21. The van der Waals surface area contributed by atoms with Crippen molar-refractivity contribution in [1.82, 2.24) is 15.6 Å². The number of hydrogen-bond donors (Lipinski definition) is 2. The van der Waals surface area contributed by atoms with Crippen LogP contribution in [0.15, 0.2) is 34.9 Å². The van der Waals surface area contributed by atoms with Gasteiger partial charge in [0.1, 0.15) is 11.9 Å². The molecule has 25 heavy (non-hydrogen) atoms. The Morgan fingerprint density at radius 1 is 1.32 bits per heavy atom. The van der Waals surface area contributed by atoms with Crippen molar-refractivity contribution in [3.05, 3.63) is 42.2 Å². The molecule has 0 saturated carbocycles. The Labute approximate surface area is 142 Å². The number of amides is 3. The van der Waals surface area contributed by atoms with E-state index in [1.165, 1.54) is 18.3 Å². The molecule has 1 fully saturated rings. The van der Waals surface area contributed by atoms with Gasteiger partial charge in [-0.25, -0.2) is 9.37 Å². The zero-order valence-electron chi connectivity index (χ0n) is 13.3. The van der Waals surface area contributed by atoms with E-state index in [2.05, 4.69) is 15.6 Å². The predicted octanol–water partition coefficient (Wildman–Crippen LogP) is 1.33. The van der Waals surface area contributed by atoms with Crippen molar-refractivity contribution in [3.63, 3.8) is 0 Å². The third kappa shape index (κ3) is 4.28. The van der Waals surface area contributed by atoms with Crippen molar-refractivity contribution in [2.24, 2.45) is 0 Å². The number of piperidine rings is 1. The van der Waals surface area contributed by atoms with Gasteiger partial charge in [-0.2, -0.15) is 0 Å². The van der Waals surface area contributed by atoms with Gasteiger partial charge in [-0.05, 0) is 30.7 Å². The Balaban J connectivity index is 1.52. The van der Waals surface area contributed by atoms with Crippen LogP contribution in [-0.2, 0) is 20.8 Å². The highest BCUT2D eigenvalue weighted by molar-refractivity contribution is 6.01. The van der Waals surface area contributed by atoms with Gasteiger partial charge in [0.15, 0.2) is 11.7 Å². The number of nitrogens with zero attached hydrogens (tertiary/aromatic N) is 1. The molecule has 0 radical (unpaired) electrons. The van der Waals surface area contributed by atoms with E-state index in [0.717, 1.165) is 0 Å². The summed E-state index contributed by atoms with van der Waals surface area (Å²) in [7, 11) is 0. The van der Waals surface area contributed by atoms with Gasteiger partial charge in [0, 0.05) is 24.8 Å². The Hall–Kier alpha value is -3.03. The molecule has 3 amide bonds. The number of imide groups is 1. The van der Waals surface area contributed by atoms with Crippen LogP contribution < -0.4 is 10.6 Å². The van der Waals surface area contributed by atoms with E-state index < -0.39 is 11.9 Å². The molecule has 3 rings (SSSR count). The van der Waals surface area contributed by atoms with Crippen molar-refractivity contribution >= 4 is 17.7 Å². The molecule has 1 aromatic carbocycles. The van der Waals surface area contributed by atoms with Crippen LogP contribution in [0, 0.1) is 5.82 Å². The summed E-state index contributed by atoms with van der Waals surface area (Å²) >= 11 is 0. The molecule has 0 aliphatic carbocycles. The SMILES string of the molecule is O=C1CCC(NC(=O)CCc2ncc(-c3ccc(F)cc3)o2)C(=O)N1. The smallest absolute Gasteiger partial charge is 0.249 e. The monoisotopic (exact) mass is 345 g/mol. The topological polar surface area (TPSA) is 101 Å². The average molecular weight is 345 g/mol. The molecular formula is C17H16FN3O4. The fourth-order valence-electron chi connectivity index (χ4n) is 2.49. The second-order valence-electron chi connectivity index (χ2n) is 5.70. The standard InChI is InChI=1S/C17H16FN3O4/c18-11-3-1-10(2-4-11)13-9-19-16(25-13)8-7-14(22)20-12-5-6-15(23)21-17(12)24/h1-4,9,12H,5-8H2,(H,20,22)(H,21,23,24). The van der Waals surface area contributed by atoms with E-state index in [-0.39, 0.29) is 36.9 Å². The maximum absolute atomic E-state index is 12.9. The van der Waals surface area contributed by atoms with Gasteiger partial charge in [0.05, 0.1) is 6.20 Å². The molecule has 7 nitrogen and oxygen atoms in total. The summed E-state index contributed by atoms with van der Waals surface area (Å²) in [5, 5.41) is 4.77. The minimum absolute atomic E-state index is 0.0983. The van der Waals surface area contributed by atoms with Gasteiger partial charge >= 0.3 is 0 Å². The Kier molecular flexibility index (Phi) is 4.87. The summed E-state index contributed by atoms with van der Waals surface area (Å²) in [6, 6.07) is 5.12. The molecule has 0 spiro atoms. The van der Waals surface area contributed by atoms with Crippen molar-refractivity contribution in [2.45, 2.75) is 31.7 Å². The van der Waals surface area contributed by atoms with Crippen molar-refractivity contribution in [2.75, 3.05) is 0 Å². The van der Waals surface area contributed by atoms with Gasteiger partial charge in [-0.3, -0.25) is 19.7 Å². The van der Waals surface area contributed by atoms with Gasteiger partial charge < -0.3 is 9.73 Å². The van der Waals surface area contributed by atoms with Crippen molar-refractivity contribution in [3.8, 4) is 11.3 Å². The lowest BCUT2D eigenvalue weighted by Crippen LogP contribution is -2.52. The van der Waals surface area contributed by atoms with Crippen molar-refractivity contribution < 1.29 is 23.2 Å². The van der Waals surface area contributed by atoms with E-state index in [9.17, 15) is 18.8 Å². The van der Waals surface area contributed by atoms with Gasteiger partial charge in [-0.1, -0.05) is 0 Å². The van der Waals surface area contributed by atoms with Crippen LogP contribution in [0.2, 0.25) is 0 Å². The van der Waals surface area contributed by atoms with Crippen molar-refractivity contribution in [1.29, 1.82) is 0 Å². The van der Waals surface area contributed by atoms with Crippen LogP contribution in [0.4, 0.5) is 4.39 Å². The fraction of sp³-hybridized carbons (Fsp3) is 0.294. The molecule has 1 aromatic heterocycles. The molecule has 1 unspecified atom stereocenters. The molecule has 2 N–H and O–H groups in total. The number of nitrogens with one attached hydrogen (secondary N) is 2. The molecule has 0 bridgehead atoms. The van der Waals surface area contributed by atoms with Crippen LogP contribution in [-0.4, -0.2) is 28.7 Å². The molecule has 130 valence electrons. The molecule has 1 aliphatic heterocycles. The van der Waals surface area contributed by atoms with Crippen LogP contribution >= 0.6 is 0 Å². The molecule has 2 heterocycles. The molecule has 8 heteroatoms. The number of halogens is 1. The third-order valence-electron chi connectivity index (χ3n) is 3.82. The minimum atomic E-state index is -0.690. The minimum Gasteiger partial charge on any atom is -0.441 e. The normalized spacial score (nSPS) is 17.2. The predicted molar refractivity (Wildman–Crippen MR) is 84.5 cm³/mol. The number of carbonyl (C=O) groups is 3. The highest BCUT2D eigenvalue weighted by Gasteiger charge is 2.27. The van der Waals surface area contributed by atoms with E-state index in [1.807, 2.05) is 0 Å². The van der Waals surface area contributed by atoms with Gasteiger partial charge in [-0.15, -0.1) is 0 Å². The van der Waals surface area contributed by atoms with E-state index in [1.54, 1.807) is 12.1 Å². The number of rotatable bonds is 5. The van der Waals surface area contributed by atoms with Crippen LogP contribution in [0.1, 0.15) is 25.2 Å². The first-order chi connectivity index (χ1) is 12.0. The summed E-state index contributed by atoms with van der Waals surface area (Å²) in [6.07, 6.45) is 2.38.